The third-order valence-corrected chi connectivity index (χ3v) is 2.63. The van der Waals surface area contributed by atoms with E-state index in [2.05, 4.69) is 4.98 Å². The summed E-state index contributed by atoms with van der Waals surface area (Å²) in [5.74, 6) is -2.08. The average Bonchev–Trinajstić information content (AvgIpc) is 2.39. The number of halogens is 2. The number of pyridine rings is 1. The van der Waals surface area contributed by atoms with Gasteiger partial charge in [0.15, 0.2) is 0 Å². The number of aromatic nitrogens is 1. The lowest BCUT2D eigenvalue weighted by atomic mass is 10.2. The van der Waals surface area contributed by atoms with Gasteiger partial charge in [-0.25, -0.2) is 8.78 Å². The number of benzene rings is 1. The molecule has 0 aliphatic heterocycles. The third-order valence-electron chi connectivity index (χ3n) is 2.63. The summed E-state index contributed by atoms with van der Waals surface area (Å²) in [6.45, 7) is 0.260. The second kappa shape index (κ2) is 5.56. The lowest BCUT2D eigenvalue weighted by Crippen LogP contribution is -2.27. The van der Waals surface area contributed by atoms with Gasteiger partial charge in [-0.3, -0.25) is 9.78 Å². The number of hydrogen-bond donors (Lipinski definition) is 0. The van der Waals surface area contributed by atoms with Crippen molar-refractivity contribution in [2.75, 3.05) is 7.05 Å². The molecule has 0 radical (unpaired) electrons. The lowest BCUT2D eigenvalue weighted by Gasteiger charge is -2.17. The van der Waals surface area contributed by atoms with E-state index in [9.17, 15) is 13.6 Å². The molecule has 0 aliphatic rings. The summed E-state index contributed by atoms with van der Waals surface area (Å²) >= 11 is 0. The normalized spacial score (nSPS) is 10.3. The molecule has 0 N–H and O–H groups in total. The van der Waals surface area contributed by atoms with Crippen molar-refractivity contribution in [2.45, 2.75) is 6.54 Å². The molecule has 1 heterocycles. The van der Waals surface area contributed by atoms with Crippen LogP contribution in [0.2, 0.25) is 0 Å². The van der Waals surface area contributed by atoms with E-state index in [4.69, 9.17) is 0 Å². The zero-order valence-corrected chi connectivity index (χ0v) is 10.3. The highest BCUT2D eigenvalue weighted by atomic mass is 19.1. The summed E-state index contributed by atoms with van der Waals surface area (Å²) < 4.78 is 26.3. The maximum Gasteiger partial charge on any atom is 0.256 e. The lowest BCUT2D eigenvalue weighted by molar-refractivity contribution is 0.0778. The third kappa shape index (κ3) is 3.13. The molecular weight excluding hydrogens is 250 g/mol. The van der Waals surface area contributed by atoms with Crippen molar-refractivity contribution in [3.8, 4) is 0 Å². The summed E-state index contributed by atoms with van der Waals surface area (Å²) in [6.07, 6.45) is 1.62. The van der Waals surface area contributed by atoms with Gasteiger partial charge in [0.1, 0.15) is 11.6 Å². The Morgan fingerprint density at radius 3 is 2.68 bits per heavy atom. The predicted octanol–water partition coefficient (Wildman–Crippen LogP) is 2.63. The van der Waals surface area contributed by atoms with E-state index < -0.39 is 17.5 Å². The molecule has 0 fully saturated rings. The molecule has 3 nitrogen and oxygen atoms in total. The fourth-order valence-electron chi connectivity index (χ4n) is 1.67. The molecule has 1 amide bonds. The Labute approximate surface area is 109 Å². The Bertz CT molecular complexity index is 587. The van der Waals surface area contributed by atoms with Crippen LogP contribution in [0.15, 0.2) is 42.6 Å². The number of carbonyl (C=O) groups excluding carboxylic acids is 1. The molecule has 5 heteroatoms. The molecule has 0 saturated carbocycles. The van der Waals surface area contributed by atoms with Gasteiger partial charge in [0.05, 0.1) is 17.8 Å². The average molecular weight is 262 g/mol. The maximum absolute atomic E-state index is 13.5. The van der Waals surface area contributed by atoms with Crippen LogP contribution in [0.4, 0.5) is 8.78 Å². The van der Waals surface area contributed by atoms with Crippen molar-refractivity contribution in [2.24, 2.45) is 0 Å². The largest absolute Gasteiger partial charge is 0.336 e. The van der Waals surface area contributed by atoms with Crippen LogP contribution >= 0.6 is 0 Å². The quantitative estimate of drug-likeness (QED) is 0.852. The second-order valence-electron chi connectivity index (χ2n) is 4.11. The van der Waals surface area contributed by atoms with E-state index in [1.807, 2.05) is 0 Å². The number of nitrogens with zero attached hydrogens (tertiary/aromatic N) is 2. The molecule has 2 rings (SSSR count). The van der Waals surface area contributed by atoms with Crippen LogP contribution in [0.3, 0.4) is 0 Å². The molecule has 0 spiro atoms. The molecule has 0 bridgehead atoms. The first-order valence-electron chi connectivity index (χ1n) is 5.68. The minimum Gasteiger partial charge on any atom is -0.336 e. The number of amides is 1. The van der Waals surface area contributed by atoms with Crippen molar-refractivity contribution in [1.29, 1.82) is 0 Å². The summed E-state index contributed by atoms with van der Waals surface area (Å²) in [5, 5.41) is 0. The Morgan fingerprint density at radius 2 is 2.05 bits per heavy atom. The zero-order valence-electron chi connectivity index (χ0n) is 10.3. The molecule has 1 aromatic carbocycles. The van der Waals surface area contributed by atoms with Crippen LogP contribution in [-0.4, -0.2) is 22.8 Å². The first-order valence-corrected chi connectivity index (χ1v) is 5.68. The van der Waals surface area contributed by atoms with Gasteiger partial charge in [-0.2, -0.15) is 0 Å². The summed E-state index contributed by atoms with van der Waals surface area (Å²) in [6, 6.07) is 8.24. The molecule has 19 heavy (non-hydrogen) atoms. The summed E-state index contributed by atoms with van der Waals surface area (Å²) in [4.78, 5) is 17.4. The first-order chi connectivity index (χ1) is 9.08. The van der Waals surface area contributed by atoms with E-state index in [0.717, 1.165) is 12.1 Å². The molecule has 1 aromatic heterocycles. The summed E-state index contributed by atoms with van der Waals surface area (Å²) in [5.41, 5.74) is 0.542. The fourth-order valence-corrected chi connectivity index (χ4v) is 1.67. The SMILES string of the molecule is CN(Cc1ccccn1)C(=O)c1ccc(F)cc1F. The van der Waals surface area contributed by atoms with Gasteiger partial charge in [-0.15, -0.1) is 0 Å². The van der Waals surface area contributed by atoms with Crippen molar-refractivity contribution in [3.05, 3.63) is 65.5 Å². The van der Waals surface area contributed by atoms with Gasteiger partial charge >= 0.3 is 0 Å². The van der Waals surface area contributed by atoms with Crippen LogP contribution in [0.5, 0.6) is 0 Å². The van der Waals surface area contributed by atoms with Crippen molar-refractivity contribution in [1.82, 2.24) is 9.88 Å². The van der Waals surface area contributed by atoms with Crippen LogP contribution in [0, 0.1) is 11.6 Å². The second-order valence-corrected chi connectivity index (χ2v) is 4.11. The van der Waals surface area contributed by atoms with Gasteiger partial charge in [-0.05, 0) is 24.3 Å². The minimum absolute atomic E-state index is 0.153. The van der Waals surface area contributed by atoms with E-state index in [0.29, 0.717) is 11.8 Å². The summed E-state index contributed by atoms with van der Waals surface area (Å²) in [7, 11) is 1.54. The molecule has 0 atom stereocenters. The monoisotopic (exact) mass is 262 g/mol. The highest BCUT2D eigenvalue weighted by Crippen LogP contribution is 2.12. The number of hydrogen-bond acceptors (Lipinski definition) is 2. The minimum atomic E-state index is -0.863. The molecule has 0 unspecified atom stereocenters. The molecule has 98 valence electrons. The highest BCUT2D eigenvalue weighted by Gasteiger charge is 2.17. The van der Waals surface area contributed by atoms with Crippen molar-refractivity contribution >= 4 is 5.91 Å². The van der Waals surface area contributed by atoms with Gasteiger partial charge in [0.25, 0.3) is 5.91 Å². The van der Waals surface area contributed by atoms with Gasteiger partial charge < -0.3 is 4.90 Å². The predicted molar refractivity (Wildman–Crippen MR) is 66.4 cm³/mol. The van der Waals surface area contributed by atoms with Crippen molar-refractivity contribution in [3.63, 3.8) is 0 Å². The maximum atomic E-state index is 13.5. The van der Waals surface area contributed by atoms with E-state index >= 15 is 0 Å². The standard InChI is InChI=1S/C14H12F2N2O/c1-18(9-11-4-2-3-7-17-11)14(19)12-6-5-10(15)8-13(12)16/h2-8H,9H2,1H3. The topological polar surface area (TPSA) is 33.2 Å². The van der Waals surface area contributed by atoms with Crippen LogP contribution in [0.1, 0.15) is 16.1 Å². The smallest absolute Gasteiger partial charge is 0.256 e. The fraction of sp³-hybridized carbons (Fsp3) is 0.143. The van der Waals surface area contributed by atoms with E-state index in [-0.39, 0.29) is 12.1 Å². The van der Waals surface area contributed by atoms with Gasteiger partial charge in [0.2, 0.25) is 0 Å². The van der Waals surface area contributed by atoms with Crippen LogP contribution < -0.4 is 0 Å². The molecule has 0 aliphatic carbocycles. The number of rotatable bonds is 3. The van der Waals surface area contributed by atoms with E-state index in [1.54, 1.807) is 31.4 Å². The van der Waals surface area contributed by atoms with Crippen LogP contribution in [-0.2, 0) is 6.54 Å². The Hall–Kier alpha value is -2.30. The van der Waals surface area contributed by atoms with Crippen molar-refractivity contribution < 1.29 is 13.6 Å². The van der Waals surface area contributed by atoms with Crippen LogP contribution in [0.25, 0.3) is 0 Å². The first kappa shape index (κ1) is 13.1. The Morgan fingerprint density at radius 1 is 1.26 bits per heavy atom. The highest BCUT2D eigenvalue weighted by molar-refractivity contribution is 5.94. The number of carbonyl (C=O) groups is 1. The molecular formula is C14H12F2N2O. The van der Waals surface area contributed by atoms with Gasteiger partial charge in [0, 0.05) is 19.3 Å². The van der Waals surface area contributed by atoms with E-state index in [1.165, 1.54) is 4.90 Å². The molecule has 0 saturated heterocycles. The van der Waals surface area contributed by atoms with Gasteiger partial charge in [-0.1, -0.05) is 6.07 Å². The zero-order chi connectivity index (χ0) is 13.8. The Balaban J connectivity index is 2.15. The molecule has 2 aromatic rings. The Kier molecular flexibility index (Phi) is 3.85.